The molecule has 0 N–H and O–H groups in total. The van der Waals surface area contributed by atoms with Gasteiger partial charge < -0.3 is 18.6 Å². The SMILES string of the molecule is COc1ccc([C@@H]2OC(=O)[C@@H](C)[C@@H]2CO[Si](c2ccccc2)(c2ccccc2)C(C)(C)C)cc1OC. The third kappa shape index (κ3) is 4.67. The molecule has 0 aliphatic carbocycles. The number of ether oxygens (including phenoxy) is 3. The number of carbonyl (C=O) groups excluding carboxylic acids is 1. The van der Waals surface area contributed by atoms with Crippen molar-refractivity contribution in [1.29, 1.82) is 0 Å². The van der Waals surface area contributed by atoms with E-state index >= 15 is 0 Å². The number of hydrogen-bond donors (Lipinski definition) is 0. The van der Waals surface area contributed by atoms with E-state index in [2.05, 4.69) is 69.3 Å². The maximum atomic E-state index is 12.8. The number of hydrogen-bond acceptors (Lipinski definition) is 5. The van der Waals surface area contributed by atoms with E-state index < -0.39 is 14.4 Å². The van der Waals surface area contributed by atoms with E-state index in [1.165, 1.54) is 10.4 Å². The molecule has 3 aromatic rings. The lowest BCUT2D eigenvalue weighted by molar-refractivity contribution is -0.144. The zero-order chi connectivity index (χ0) is 25.9. The van der Waals surface area contributed by atoms with Crippen molar-refractivity contribution in [2.75, 3.05) is 20.8 Å². The topological polar surface area (TPSA) is 54.0 Å². The van der Waals surface area contributed by atoms with Crippen molar-refractivity contribution >= 4 is 24.7 Å². The first kappa shape index (κ1) is 26.0. The molecule has 0 radical (unpaired) electrons. The highest BCUT2D eigenvalue weighted by atomic mass is 28.4. The van der Waals surface area contributed by atoms with Crippen molar-refractivity contribution in [3.8, 4) is 11.5 Å². The lowest BCUT2D eigenvalue weighted by atomic mass is 9.89. The monoisotopic (exact) mass is 504 g/mol. The number of benzene rings is 3. The quantitative estimate of drug-likeness (QED) is 0.314. The van der Waals surface area contributed by atoms with Crippen LogP contribution in [0.15, 0.2) is 78.9 Å². The largest absolute Gasteiger partial charge is 0.493 e. The van der Waals surface area contributed by atoms with Crippen LogP contribution in [0.1, 0.15) is 39.4 Å². The Bertz CT molecular complexity index is 1130. The van der Waals surface area contributed by atoms with Crippen LogP contribution in [-0.4, -0.2) is 35.1 Å². The molecule has 0 bridgehead atoms. The van der Waals surface area contributed by atoms with Gasteiger partial charge >= 0.3 is 5.97 Å². The summed E-state index contributed by atoms with van der Waals surface area (Å²) in [5.41, 5.74) is 0.876. The molecule has 5 nitrogen and oxygen atoms in total. The zero-order valence-corrected chi connectivity index (χ0v) is 23.0. The van der Waals surface area contributed by atoms with Gasteiger partial charge in [0.15, 0.2) is 11.5 Å². The lowest BCUT2D eigenvalue weighted by Crippen LogP contribution is -2.67. The summed E-state index contributed by atoms with van der Waals surface area (Å²) in [6, 6.07) is 26.8. The highest BCUT2D eigenvalue weighted by Gasteiger charge is 2.52. The van der Waals surface area contributed by atoms with Crippen LogP contribution < -0.4 is 19.8 Å². The van der Waals surface area contributed by atoms with Gasteiger partial charge in [-0.3, -0.25) is 4.79 Å². The Hall–Kier alpha value is -3.09. The number of carbonyl (C=O) groups is 1. The number of rotatable bonds is 8. The first-order chi connectivity index (χ1) is 17.2. The number of esters is 1. The average molecular weight is 505 g/mol. The van der Waals surface area contributed by atoms with Gasteiger partial charge in [-0.2, -0.15) is 0 Å². The molecular weight excluding hydrogens is 468 g/mol. The first-order valence-corrected chi connectivity index (χ1v) is 14.3. The molecule has 6 heteroatoms. The third-order valence-electron chi connectivity index (χ3n) is 7.29. The van der Waals surface area contributed by atoms with Gasteiger partial charge in [-0.1, -0.05) is 94.4 Å². The maximum Gasteiger partial charge on any atom is 0.309 e. The molecule has 3 atom stereocenters. The summed E-state index contributed by atoms with van der Waals surface area (Å²) in [6.07, 6.45) is -0.425. The van der Waals surface area contributed by atoms with Gasteiger partial charge in [0.1, 0.15) is 6.10 Å². The van der Waals surface area contributed by atoms with Gasteiger partial charge in [0, 0.05) is 12.5 Å². The van der Waals surface area contributed by atoms with Crippen molar-refractivity contribution in [3.63, 3.8) is 0 Å². The summed E-state index contributed by atoms with van der Waals surface area (Å²) in [4.78, 5) is 12.8. The second kappa shape index (κ2) is 10.5. The Morgan fingerprint density at radius 2 is 1.39 bits per heavy atom. The van der Waals surface area contributed by atoms with Crippen molar-refractivity contribution < 1.29 is 23.4 Å². The number of methoxy groups -OCH3 is 2. The zero-order valence-electron chi connectivity index (χ0n) is 22.0. The molecule has 1 fully saturated rings. The molecule has 36 heavy (non-hydrogen) atoms. The minimum absolute atomic E-state index is 0.141. The average Bonchev–Trinajstić information content (AvgIpc) is 3.17. The van der Waals surface area contributed by atoms with Gasteiger partial charge in [0.2, 0.25) is 0 Å². The van der Waals surface area contributed by atoms with Crippen LogP contribution in [0.3, 0.4) is 0 Å². The van der Waals surface area contributed by atoms with Gasteiger partial charge in [-0.15, -0.1) is 0 Å². The van der Waals surface area contributed by atoms with E-state index in [0.717, 1.165) is 5.56 Å². The molecule has 3 aromatic carbocycles. The molecule has 1 aliphatic rings. The normalized spacial score (nSPS) is 20.2. The molecular formula is C30H36O5Si. The molecule has 1 saturated heterocycles. The van der Waals surface area contributed by atoms with Crippen LogP contribution in [0.4, 0.5) is 0 Å². The molecule has 4 rings (SSSR count). The standard InChI is InChI=1S/C30H36O5Si/c1-21-25(28(35-29(21)31)22-17-18-26(32-5)27(19-22)33-6)20-34-36(30(2,3)4,23-13-9-7-10-14-23)24-15-11-8-12-16-24/h7-19,21,25,28H,20H2,1-6H3/t21-,25-,28-/m0/s1. The van der Waals surface area contributed by atoms with Crippen LogP contribution >= 0.6 is 0 Å². The molecule has 0 unspecified atom stereocenters. The fourth-order valence-corrected chi connectivity index (χ4v) is 9.91. The van der Waals surface area contributed by atoms with E-state index in [1.54, 1.807) is 14.2 Å². The Morgan fingerprint density at radius 3 is 1.89 bits per heavy atom. The van der Waals surface area contributed by atoms with Crippen LogP contribution in [0, 0.1) is 11.8 Å². The fourth-order valence-electron chi connectivity index (χ4n) is 5.32. The fraction of sp³-hybridized carbons (Fsp3) is 0.367. The van der Waals surface area contributed by atoms with E-state index in [0.29, 0.717) is 18.1 Å². The molecule has 0 saturated carbocycles. The van der Waals surface area contributed by atoms with E-state index in [4.69, 9.17) is 18.6 Å². The van der Waals surface area contributed by atoms with Gasteiger partial charge in [-0.05, 0) is 33.1 Å². The van der Waals surface area contributed by atoms with E-state index in [-0.39, 0.29) is 22.8 Å². The molecule has 1 heterocycles. The number of cyclic esters (lactones) is 1. The summed E-state index contributed by atoms with van der Waals surface area (Å²) < 4.78 is 24.0. The Labute approximate surface area is 215 Å². The van der Waals surface area contributed by atoms with Crippen molar-refractivity contribution in [2.24, 2.45) is 11.8 Å². The molecule has 0 spiro atoms. The molecule has 0 amide bonds. The molecule has 1 aliphatic heterocycles. The Balaban J connectivity index is 1.75. The minimum Gasteiger partial charge on any atom is -0.493 e. The maximum absolute atomic E-state index is 12.8. The molecule has 190 valence electrons. The van der Waals surface area contributed by atoms with E-state index in [9.17, 15) is 4.79 Å². The first-order valence-electron chi connectivity index (χ1n) is 12.4. The van der Waals surface area contributed by atoms with Crippen molar-refractivity contribution in [3.05, 3.63) is 84.4 Å². The van der Waals surface area contributed by atoms with Crippen molar-refractivity contribution in [1.82, 2.24) is 0 Å². The van der Waals surface area contributed by atoms with E-state index in [1.807, 2.05) is 37.3 Å². The summed E-state index contributed by atoms with van der Waals surface area (Å²) in [5.74, 6) is 0.611. The highest BCUT2D eigenvalue weighted by molar-refractivity contribution is 6.99. The minimum atomic E-state index is -2.74. The van der Waals surface area contributed by atoms with Crippen LogP contribution in [-0.2, 0) is 14.0 Å². The Morgan fingerprint density at radius 1 is 0.833 bits per heavy atom. The highest BCUT2D eigenvalue weighted by Crippen LogP contribution is 2.44. The smallest absolute Gasteiger partial charge is 0.309 e. The van der Waals surface area contributed by atoms with Crippen molar-refractivity contribution in [2.45, 2.75) is 38.8 Å². The van der Waals surface area contributed by atoms with Crippen LogP contribution in [0.25, 0.3) is 0 Å². The second-order valence-corrected chi connectivity index (χ2v) is 14.7. The third-order valence-corrected chi connectivity index (χ3v) is 12.3. The van der Waals surface area contributed by atoms with Gasteiger partial charge in [0.05, 0.1) is 20.1 Å². The summed E-state index contributed by atoms with van der Waals surface area (Å²) in [7, 11) is 0.469. The van der Waals surface area contributed by atoms with Gasteiger partial charge in [0.25, 0.3) is 8.32 Å². The lowest BCUT2D eigenvalue weighted by Gasteiger charge is -2.44. The van der Waals surface area contributed by atoms with Crippen LogP contribution in [0.2, 0.25) is 5.04 Å². The predicted molar refractivity (Wildman–Crippen MR) is 145 cm³/mol. The molecule has 0 aromatic heterocycles. The van der Waals surface area contributed by atoms with Crippen LogP contribution in [0.5, 0.6) is 11.5 Å². The van der Waals surface area contributed by atoms with Gasteiger partial charge in [-0.25, -0.2) is 0 Å². The summed E-state index contributed by atoms with van der Waals surface area (Å²) in [6.45, 7) is 9.10. The summed E-state index contributed by atoms with van der Waals surface area (Å²) in [5, 5.41) is 2.27. The summed E-state index contributed by atoms with van der Waals surface area (Å²) >= 11 is 0. The predicted octanol–water partition coefficient (Wildman–Crippen LogP) is 5.13. The Kier molecular flexibility index (Phi) is 7.57. The second-order valence-electron chi connectivity index (χ2n) is 10.4.